The van der Waals surface area contributed by atoms with Crippen LogP contribution in [0.2, 0.25) is 0 Å². The number of hydrogen-bond donors (Lipinski definition) is 1. The predicted octanol–water partition coefficient (Wildman–Crippen LogP) is 3.43. The van der Waals surface area contributed by atoms with Gasteiger partial charge in [0, 0.05) is 23.8 Å². The van der Waals surface area contributed by atoms with E-state index in [1.807, 2.05) is 4.68 Å². The summed E-state index contributed by atoms with van der Waals surface area (Å²) in [4.78, 5) is 0. The molecule has 0 amide bonds. The number of hydrogen-bond acceptors (Lipinski definition) is 2. The summed E-state index contributed by atoms with van der Waals surface area (Å²) in [6, 6.07) is 0.323. The molecule has 0 aliphatic carbocycles. The molecular weight excluding hydrogens is 241 g/mol. The highest BCUT2D eigenvalue weighted by molar-refractivity contribution is 5.30. The lowest BCUT2D eigenvalue weighted by molar-refractivity contribution is 0.428. The molecule has 0 spiro atoms. The first-order chi connectivity index (χ1) is 9.19. The molecule has 0 saturated heterocycles. The van der Waals surface area contributed by atoms with E-state index in [4.69, 9.17) is 0 Å². The second-order valence-electron chi connectivity index (χ2n) is 4.96. The molecule has 0 bridgehead atoms. The van der Waals surface area contributed by atoms with E-state index in [-0.39, 0.29) is 6.67 Å². The minimum Gasteiger partial charge on any atom is -0.310 e. The Labute approximate surface area is 116 Å². The number of halogens is 1. The summed E-state index contributed by atoms with van der Waals surface area (Å²) in [6.07, 6.45) is 3.56. The second-order valence-corrected chi connectivity index (χ2v) is 4.96. The number of aromatic nitrogens is 2. The predicted molar refractivity (Wildman–Crippen MR) is 78.3 cm³/mol. The minimum absolute atomic E-state index is 0.274. The van der Waals surface area contributed by atoms with E-state index in [0.29, 0.717) is 19.0 Å². The highest BCUT2D eigenvalue weighted by atomic mass is 19.1. The van der Waals surface area contributed by atoms with Gasteiger partial charge in [0.15, 0.2) is 0 Å². The number of alkyl halides is 1. The maximum absolute atomic E-state index is 12.4. The van der Waals surface area contributed by atoms with Crippen LogP contribution >= 0.6 is 0 Å². The largest absolute Gasteiger partial charge is 0.310 e. The van der Waals surface area contributed by atoms with Gasteiger partial charge in [-0.3, -0.25) is 9.07 Å². The number of rotatable bonds is 9. The van der Waals surface area contributed by atoms with Crippen molar-refractivity contribution >= 4 is 0 Å². The Morgan fingerprint density at radius 3 is 2.53 bits per heavy atom. The first-order valence-electron chi connectivity index (χ1n) is 7.57. The van der Waals surface area contributed by atoms with Crippen LogP contribution in [0, 0.1) is 0 Å². The third-order valence-corrected chi connectivity index (χ3v) is 3.48. The SMILES string of the molecule is CCCNC(C)c1c(CC)nn(CCCF)c1CC. The second kappa shape index (κ2) is 8.31. The summed E-state index contributed by atoms with van der Waals surface area (Å²) < 4.78 is 14.4. The number of nitrogens with zero attached hydrogens (tertiary/aromatic N) is 2. The van der Waals surface area contributed by atoms with E-state index in [9.17, 15) is 4.39 Å². The van der Waals surface area contributed by atoms with Gasteiger partial charge in [0.25, 0.3) is 0 Å². The molecule has 0 aliphatic rings. The molecule has 4 heteroatoms. The highest BCUT2D eigenvalue weighted by Gasteiger charge is 2.19. The molecule has 1 unspecified atom stereocenters. The van der Waals surface area contributed by atoms with Crippen LogP contribution in [0.15, 0.2) is 0 Å². The summed E-state index contributed by atoms with van der Waals surface area (Å²) in [5, 5.41) is 8.22. The quantitative estimate of drug-likeness (QED) is 0.744. The Bertz CT molecular complexity index is 374. The fourth-order valence-corrected chi connectivity index (χ4v) is 2.56. The Morgan fingerprint density at radius 1 is 1.26 bits per heavy atom. The van der Waals surface area contributed by atoms with Gasteiger partial charge in [-0.25, -0.2) is 0 Å². The molecule has 1 atom stereocenters. The molecule has 1 aromatic rings. The summed E-state index contributed by atoms with van der Waals surface area (Å²) in [7, 11) is 0. The molecule has 1 aromatic heterocycles. The van der Waals surface area contributed by atoms with Crippen LogP contribution in [0.4, 0.5) is 4.39 Å². The summed E-state index contributed by atoms with van der Waals surface area (Å²) in [5.74, 6) is 0. The molecule has 0 radical (unpaired) electrons. The Balaban J connectivity index is 3.01. The molecule has 0 saturated carbocycles. The van der Waals surface area contributed by atoms with Crippen molar-refractivity contribution in [2.45, 2.75) is 66.0 Å². The van der Waals surface area contributed by atoms with Crippen molar-refractivity contribution in [3.63, 3.8) is 0 Å². The van der Waals surface area contributed by atoms with Crippen LogP contribution in [0.1, 0.15) is 63.5 Å². The maximum Gasteiger partial charge on any atom is 0.0912 e. The highest BCUT2D eigenvalue weighted by Crippen LogP contribution is 2.24. The third kappa shape index (κ3) is 4.03. The van der Waals surface area contributed by atoms with Gasteiger partial charge < -0.3 is 5.32 Å². The van der Waals surface area contributed by atoms with Crippen LogP contribution in [0.5, 0.6) is 0 Å². The van der Waals surface area contributed by atoms with E-state index in [0.717, 1.165) is 31.5 Å². The zero-order valence-corrected chi connectivity index (χ0v) is 12.8. The lowest BCUT2D eigenvalue weighted by Crippen LogP contribution is -2.21. The van der Waals surface area contributed by atoms with E-state index in [1.54, 1.807) is 0 Å². The van der Waals surface area contributed by atoms with Crippen LogP contribution < -0.4 is 5.32 Å². The zero-order chi connectivity index (χ0) is 14.3. The molecule has 3 nitrogen and oxygen atoms in total. The van der Waals surface area contributed by atoms with Gasteiger partial charge >= 0.3 is 0 Å². The zero-order valence-electron chi connectivity index (χ0n) is 12.8. The van der Waals surface area contributed by atoms with Crippen molar-refractivity contribution in [3.05, 3.63) is 17.0 Å². The topological polar surface area (TPSA) is 29.9 Å². The summed E-state index contributed by atoms with van der Waals surface area (Å²) in [6.45, 7) is 10.1. The van der Waals surface area contributed by atoms with Crippen molar-refractivity contribution in [3.8, 4) is 0 Å². The molecular formula is C15H28FN3. The van der Waals surface area contributed by atoms with Crippen LogP contribution in [-0.4, -0.2) is 23.0 Å². The molecule has 1 N–H and O–H groups in total. The Morgan fingerprint density at radius 2 is 2.00 bits per heavy atom. The number of aryl methyl sites for hydroxylation is 2. The fourth-order valence-electron chi connectivity index (χ4n) is 2.56. The smallest absolute Gasteiger partial charge is 0.0912 e. The van der Waals surface area contributed by atoms with Gasteiger partial charge in [-0.15, -0.1) is 0 Å². The molecule has 110 valence electrons. The average molecular weight is 269 g/mol. The van der Waals surface area contributed by atoms with Gasteiger partial charge in [-0.05, 0) is 39.2 Å². The molecule has 0 aromatic carbocycles. The van der Waals surface area contributed by atoms with E-state index >= 15 is 0 Å². The van der Waals surface area contributed by atoms with Gasteiger partial charge in [-0.1, -0.05) is 20.8 Å². The standard InChI is InChI=1S/C15H28FN3/c1-5-10-17-12(4)15-13(6-2)18-19(11-8-9-16)14(15)7-3/h12,17H,5-11H2,1-4H3. The monoisotopic (exact) mass is 269 g/mol. The van der Waals surface area contributed by atoms with Crippen LogP contribution in [0.25, 0.3) is 0 Å². The maximum atomic E-state index is 12.4. The average Bonchev–Trinajstić information content (AvgIpc) is 2.80. The summed E-state index contributed by atoms with van der Waals surface area (Å²) >= 11 is 0. The van der Waals surface area contributed by atoms with Crippen molar-refractivity contribution in [2.24, 2.45) is 0 Å². The van der Waals surface area contributed by atoms with E-state index < -0.39 is 0 Å². The normalized spacial score (nSPS) is 12.9. The van der Waals surface area contributed by atoms with Gasteiger partial charge in [0.05, 0.1) is 12.4 Å². The van der Waals surface area contributed by atoms with Gasteiger partial charge in [0.1, 0.15) is 0 Å². The van der Waals surface area contributed by atoms with Crippen molar-refractivity contribution in [1.29, 1.82) is 0 Å². The van der Waals surface area contributed by atoms with Gasteiger partial charge in [0.2, 0.25) is 0 Å². The van der Waals surface area contributed by atoms with Crippen LogP contribution in [-0.2, 0) is 19.4 Å². The van der Waals surface area contributed by atoms with Crippen molar-refractivity contribution < 1.29 is 4.39 Å². The van der Waals surface area contributed by atoms with Gasteiger partial charge in [-0.2, -0.15) is 5.10 Å². The van der Waals surface area contributed by atoms with Crippen molar-refractivity contribution in [2.75, 3.05) is 13.2 Å². The molecule has 0 fully saturated rings. The van der Waals surface area contributed by atoms with E-state index in [1.165, 1.54) is 11.3 Å². The lowest BCUT2D eigenvalue weighted by atomic mass is 10.0. The Hall–Kier alpha value is -0.900. The van der Waals surface area contributed by atoms with E-state index in [2.05, 4.69) is 38.1 Å². The summed E-state index contributed by atoms with van der Waals surface area (Å²) in [5.41, 5.74) is 3.76. The fraction of sp³-hybridized carbons (Fsp3) is 0.800. The first-order valence-corrected chi connectivity index (χ1v) is 7.57. The molecule has 0 aliphatic heterocycles. The molecule has 1 heterocycles. The molecule has 1 rings (SSSR count). The molecule has 19 heavy (non-hydrogen) atoms. The minimum atomic E-state index is -0.274. The third-order valence-electron chi connectivity index (χ3n) is 3.48. The lowest BCUT2D eigenvalue weighted by Gasteiger charge is -2.16. The first kappa shape index (κ1) is 16.2. The Kier molecular flexibility index (Phi) is 7.06. The van der Waals surface area contributed by atoms with Crippen LogP contribution in [0.3, 0.4) is 0 Å². The number of nitrogens with one attached hydrogen (secondary N) is 1. The van der Waals surface area contributed by atoms with Crippen molar-refractivity contribution in [1.82, 2.24) is 15.1 Å².